The van der Waals surface area contributed by atoms with E-state index in [-0.39, 0.29) is 6.04 Å². The summed E-state index contributed by atoms with van der Waals surface area (Å²) < 4.78 is 5.40. The van der Waals surface area contributed by atoms with Crippen LogP contribution in [0, 0.1) is 6.92 Å². The Kier molecular flexibility index (Phi) is 5.22. The van der Waals surface area contributed by atoms with Crippen LogP contribution in [0.15, 0.2) is 54.9 Å². The summed E-state index contributed by atoms with van der Waals surface area (Å²) in [5.41, 5.74) is 9.82. The Bertz CT molecular complexity index is 883. The minimum atomic E-state index is 0.0646. The zero-order valence-corrected chi connectivity index (χ0v) is 15.2. The van der Waals surface area contributed by atoms with Gasteiger partial charge in [0.1, 0.15) is 17.8 Å². The largest absolute Gasteiger partial charge is 0.495 e. The summed E-state index contributed by atoms with van der Waals surface area (Å²) in [6, 6.07) is 16.1. The fourth-order valence-electron chi connectivity index (χ4n) is 2.69. The summed E-state index contributed by atoms with van der Waals surface area (Å²) >= 11 is 0. The van der Waals surface area contributed by atoms with E-state index in [0.29, 0.717) is 17.3 Å². The Morgan fingerprint density at radius 3 is 2.50 bits per heavy atom. The van der Waals surface area contributed by atoms with Gasteiger partial charge in [-0.1, -0.05) is 36.4 Å². The molecule has 134 valence electrons. The summed E-state index contributed by atoms with van der Waals surface area (Å²) in [4.78, 5) is 8.56. The quantitative estimate of drug-likeness (QED) is 0.615. The molecule has 1 unspecified atom stereocenters. The first-order valence-corrected chi connectivity index (χ1v) is 8.42. The Balaban J connectivity index is 1.85. The average Bonchev–Trinajstić information content (AvgIpc) is 2.66. The van der Waals surface area contributed by atoms with Crippen LogP contribution in [-0.4, -0.2) is 17.1 Å². The minimum Gasteiger partial charge on any atom is -0.495 e. The number of nitrogens with zero attached hydrogens (tertiary/aromatic N) is 2. The van der Waals surface area contributed by atoms with E-state index in [2.05, 4.69) is 39.7 Å². The maximum Gasteiger partial charge on any atom is 0.159 e. The second kappa shape index (κ2) is 7.74. The highest BCUT2D eigenvalue weighted by Gasteiger charge is 2.13. The Hall–Kier alpha value is -3.28. The first kappa shape index (κ1) is 17.5. The van der Waals surface area contributed by atoms with Gasteiger partial charge in [-0.05, 0) is 37.1 Å². The fraction of sp³-hybridized carbons (Fsp3) is 0.200. The SMILES string of the molecule is COc1ccc(C)cc1Nc1ncnc(NC(C)c2ccccc2)c1N. The highest BCUT2D eigenvalue weighted by molar-refractivity contribution is 5.79. The van der Waals surface area contributed by atoms with Gasteiger partial charge in [0.15, 0.2) is 11.6 Å². The molecule has 0 bridgehead atoms. The van der Waals surface area contributed by atoms with Crippen LogP contribution in [0.25, 0.3) is 0 Å². The average molecular weight is 349 g/mol. The van der Waals surface area contributed by atoms with E-state index < -0.39 is 0 Å². The zero-order valence-electron chi connectivity index (χ0n) is 15.2. The number of ether oxygens (including phenoxy) is 1. The molecule has 6 heteroatoms. The molecule has 3 aromatic rings. The van der Waals surface area contributed by atoms with Gasteiger partial charge in [-0.3, -0.25) is 0 Å². The molecule has 0 saturated carbocycles. The molecule has 0 spiro atoms. The van der Waals surface area contributed by atoms with Gasteiger partial charge in [-0.2, -0.15) is 0 Å². The van der Waals surface area contributed by atoms with Gasteiger partial charge in [-0.25, -0.2) is 9.97 Å². The van der Waals surface area contributed by atoms with Gasteiger partial charge in [0.05, 0.1) is 18.8 Å². The van der Waals surface area contributed by atoms with Crippen molar-refractivity contribution in [2.24, 2.45) is 0 Å². The molecule has 4 N–H and O–H groups in total. The van der Waals surface area contributed by atoms with Crippen LogP contribution in [0.5, 0.6) is 5.75 Å². The van der Waals surface area contributed by atoms with Crippen LogP contribution in [0.1, 0.15) is 24.1 Å². The van der Waals surface area contributed by atoms with E-state index >= 15 is 0 Å². The third kappa shape index (κ3) is 3.85. The van der Waals surface area contributed by atoms with Crippen molar-refractivity contribution in [2.75, 3.05) is 23.5 Å². The lowest BCUT2D eigenvalue weighted by atomic mass is 10.1. The molecular weight excluding hydrogens is 326 g/mol. The van der Waals surface area contributed by atoms with Crippen molar-refractivity contribution in [2.45, 2.75) is 19.9 Å². The highest BCUT2D eigenvalue weighted by atomic mass is 16.5. The molecule has 3 rings (SSSR count). The van der Waals surface area contributed by atoms with Gasteiger partial charge in [0.25, 0.3) is 0 Å². The first-order chi connectivity index (χ1) is 12.6. The molecule has 0 radical (unpaired) electrons. The molecule has 26 heavy (non-hydrogen) atoms. The lowest BCUT2D eigenvalue weighted by molar-refractivity contribution is 0.416. The number of benzene rings is 2. The van der Waals surface area contributed by atoms with Gasteiger partial charge in [-0.15, -0.1) is 0 Å². The molecule has 6 nitrogen and oxygen atoms in total. The van der Waals surface area contributed by atoms with Crippen molar-refractivity contribution in [3.8, 4) is 5.75 Å². The Morgan fingerprint density at radius 1 is 1.04 bits per heavy atom. The predicted octanol–water partition coefficient (Wildman–Crippen LogP) is 4.29. The topological polar surface area (TPSA) is 85.1 Å². The van der Waals surface area contributed by atoms with E-state index in [1.54, 1.807) is 7.11 Å². The molecular formula is C20H23N5O. The van der Waals surface area contributed by atoms with E-state index in [9.17, 15) is 0 Å². The van der Waals surface area contributed by atoms with Crippen molar-refractivity contribution in [3.05, 3.63) is 66.0 Å². The van der Waals surface area contributed by atoms with Gasteiger partial charge in [0, 0.05) is 0 Å². The monoisotopic (exact) mass is 349 g/mol. The number of methoxy groups -OCH3 is 1. The van der Waals surface area contributed by atoms with Crippen LogP contribution in [0.3, 0.4) is 0 Å². The van der Waals surface area contributed by atoms with Crippen LogP contribution < -0.4 is 21.1 Å². The molecule has 1 atom stereocenters. The second-order valence-electron chi connectivity index (χ2n) is 6.09. The smallest absolute Gasteiger partial charge is 0.159 e. The van der Waals surface area contributed by atoms with Crippen molar-refractivity contribution in [1.29, 1.82) is 0 Å². The summed E-state index contributed by atoms with van der Waals surface area (Å²) in [6.07, 6.45) is 1.49. The summed E-state index contributed by atoms with van der Waals surface area (Å²) in [7, 11) is 1.63. The molecule has 0 aliphatic heterocycles. The molecule has 0 saturated heterocycles. The van der Waals surface area contributed by atoms with E-state index in [1.807, 2.05) is 43.3 Å². The number of aromatic nitrogens is 2. The number of nitrogen functional groups attached to an aromatic ring is 1. The van der Waals surface area contributed by atoms with Gasteiger partial charge < -0.3 is 21.1 Å². The standard InChI is InChI=1S/C20H23N5O/c1-13-9-10-17(26-3)16(11-13)25-20-18(21)19(22-12-23-20)24-14(2)15-7-5-4-6-8-15/h4-12,14H,21H2,1-3H3,(H2,22,23,24,25). The van der Waals surface area contributed by atoms with Crippen LogP contribution in [-0.2, 0) is 0 Å². The first-order valence-electron chi connectivity index (χ1n) is 8.42. The van der Waals surface area contributed by atoms with Crippen LogP contribution in [0.4, 0.5) is 23.0 Å². The summed E-state index contributed by atoms with van der Waals surface area (Å²) in [5.74, 6) is 1.85. The van der Waals surface area contributed by atoms with Crippen LogP contribution >= 0.6 is 0 Å². The molecule has 0 aliphatic rings. The summed E-state index contributed by atoms with van der Waals surface area (Å²) in [5, 5.41) is 6.59. The van der Waals surface area contributed by atoms with E-state index in [4.69, 9.17) is 10.5 Å². The second-order valence-corrected chi connectivity index (χ2v) is 6.09. The number of anilines is 4. The number of hydrogen-bond acceptors (Lipinski definition) is 6. The number of rotatable bonds is 6. The highest BCUT2D eigenvalue weighted by Crippen LogP contribution is 2.32. The fourth-order valence-corrected chi connectivity index (χ4v) is 2.69. The van der Waals surface area contributed by atoms with Crippen molar-refractivity contribution >= 4 is 23.0 Å². The Morgan fingerprint density at radius 2 is 1.77 bits per heavy atom. The molecule has 0 aliphatic carbocycles. The third-order valence-electron chi connectivity index (χ3n) is 4.14. The number of aryl methyl sites for hydroxylation is 1. The maximum atomic E-state index is 6.30. The van der Waals surface area contributed by atoms with Crippen LogP contribution in [0.2, 0.25) is 0 Å². The number of nitrogens with two attached hydrogens (primary N) is 1. The van der Waals surface area contributed by atoms with Crippen molar-refractivity contribution < 1.29 is 4.74 Å². The summed E-state index contributed by atoms with van der Waals surface area (Å²) in [6.45, 7) is 4.08. The van der Waals surface area contributed by atoms with E-state index in [0.717, 1.165) is 22.6 Å². The third-order valence-corrected chi connectivity index (χ3v) is 4.14. The number of nitrogens with one attached hydrogen (secondary N) is 2. The predicted molar refractivity (Wildman–Crippen MR) is 106 cm³/mol. The minimum absolute atomic E-state index is 0.0646. The van der Waals surface area contributed by atoms with Crippen molar-refractivity contribution in [1.82, 2.24) is 9.97 Å². The Labute approximate surface area is 153 Å². The zero-order chi connectivity index (χ0) is 18.5. The van der Waals surface area contributed by atoms with Gasteiger partial charge >= 0.3 is 0 Å². The number of hydrogen-bond donors (Lipinski definition) is 3. The molecule has 1 aromatic heterocycles. The molecule has 1 heterocycles. The molecule has 0 fully saturated rings. The van der Waals surface area contributed by atoms with E-state index in [1.165, 1.54) is 6.33 Å². The lowest BCUT2D eigenvalue weighted by Crippen LogP contribution is -2.11. The molecule has 2 aromatic carbocycles. The molecule has 0 amide bonds. The van der Waals surface area contributed by atoms with Gasteiger partial charge in [0.2, 0.25) is 0 Å². The van der Waals surface area contributed by atoms with Crippen molar-refractivity contribution in [3.63, 3.8) is 0 Å². The maximum absolute atomic E-state index is 6.30. The normalized spacial score (nSPS) is 11.7. The lowest BCUT2D eigenvalue weighted by Gasteiger charge is -2.18.